The fraction of sp³-hybridized carbons (Fsp3) is 0.562. The van der Waals surface area contributed by atoms with Crippen LogP contribution in [0.3, 0.4) is 0 Å². The molecule has 112 valence electrons. The first-order valence-electron chi connectivity index (χ1n) is 7.43. The second-order valence-corrected chi connectivity index (χ2v) is 5.20. The average molecular weight is 278 g/mol. The highest BCUT2D eigenvalue weighted by Crippen LogP contribution is 2.18. The third-order valence-corrected chi connectivity index (χ3v) is 3.25. The Morgan fingerprint density at radius 1 is 1.05 bits per heavy atom. The third kappa shape index (κ3) is 5.51. The fourth-order valence-corrected chi connectivity index (χ4v) is 2.14. The SMILES string of the molecule is CCCCC(CCCC)OC(=O)c1cc(N)cc(N)c1. The van der Waals surface area contributed by atoms with E-state index < -0.39 is 0 Å². The van der Waals surface area contributed by atoms with E-state index in [-0.39, 0.29) is 12.1 Å². The summed E-state index contributed by atoms with van der Waals surface area (Å²) in [6.07, 6.45) is 6.17. The summed E-state index contributed by atoms with van der Waals surface area (Å²) in [5.41, 5.74) is 12.8. The molecule has 0 saturated heterocycles. The van der Waals surface area contributed by atoms with Crippen LogP contribution < -0.4 is 11.5 Å². The first-order chi connectivity index (χ1) is 9.56. The highest BCUT2D eigenvalue weighted by molar-refractivity contribution is 5.91. The largest absolute Gasteiger partial charge is 0.459 e. The number of carbonyl (C=O) groups is 1. The maximum atomic E-state index is 12.2. The lowest BCUT2D eigenvalue weighted by molar-refractivity contribution is 0.0251. The van der Waals surface area contributed by atoms with Crippen molar-refractivity contribution >= 4 is 17.3 Å². The van der Waals surface area contributed by atoms with Crippen molar-refractivity contribution in [3.63, 3.8) is 0 Å². The molecule has 4 N–H and O–H groups in total. The molecule has 0 spiro atoms. The molecule has 0 atom stereocenters. The van der Waals surface area contributed by atoms with Gasteiger partial charge in [0.15, 0.2) is 0 Å². The first-order valence-corrected chi connectivity index (χ1v) is 7.43. The van der Waals surface area contributed by atoms with Crippen LogP contribution in [-0.4, -0.2) is 12.1 Å². The third-order valence-electron chi connectivity index (χ3n) is 3.25. The second-order valence-electron chi connectivity index (χ2n) is 5.20. The van der Waals surface area contributed by atoms with Crippen molar-refractivity contribution in [2.45, 2.75) is 58.5 Å². The maximum absolute atomic E-state index is 12.2. The van der Waals surface area contributed by atoms with Crippen LogP contribution in [0, 0.1) is 0 Å². The molecular formula is C16H26N2O2. The zero-order valence-electron chi connectivity index (χ0n) is 12.5. The van der Waals surface area contributed by atoms with Gasteiger partial charge in [0.1, 0.15) is 6.10 Å². The molecule has 0 aliphatic rings. The van der Waals surface area contributed by atoms with Crippen LogP contribution in [0.5, 0.6) is 0 Å². The molecule has 20 heavy (non-hydrogen) atoms. The number of benzene rings is 1. The van der Waals surface area contributed by atoms with E-state index in [1.165, 1.54) is 0 Å². The Morgan fingerprint density at radius 2 is 1.55 bits per heavy atom. The smallest absolute Gasteiger partial charge is 0.338 e. The molecule has 0 fully saturated rings. The van der Waals surface area contributed by atoms with Gasteiger partial charge in [-0.25, -0.2) is 4.79 Å². The van der Waals surface area contributed by atoms with Gasteiger partial charge in [-0.05, 0) is 31.0 Å². The normalized spacial score (nSPS) is 10.8. The van der Waals surface area contributed by atoms with Gasteiger partial charge in [0.05, 0.1) is 5.56 Å². The number of nitrogens with two attached hydrogens (primary N) is 2. The molecule has 0 saturated carbocycles. The van der Waals surface area contributed by atoms with E-state index in [0.29, 0.717) is 16.9 Å². The summed E-state index contributed by atoms with van der Waals surface area (Å²) in [4.78, 5) is 12.2. The molecule has 0 radical (unpaired) electrons. The van der Waals surface area contributed by atoms with Crippen LogP contribution in [-0.2, 0) is 4.74 Å². The molecule has 0 aliphatic heterocycles. The number of rotatable bonds is 8. The van der Waals surface area contributed by atoms with E-state index in [4.69, 9.17) is 16.2 Å². The Bertz CT molecular complexity index is 404. The summed E-state index contributed by atoms with van der Waals surface area (Å²) >= 11 is 0. The summed E-state index contributed by atoms with van der Waals surface area (Å²) in [7, 11) is 0. The molecule has 4 nitrogen and oxygen atoms in total. The first kappa shape index (κ1) is 16.3. The van der Waals surface area contributed by atoms with Gasteiger partial charge in [-0.3, -0.25) is 0 Å². The molecule has 0 aliphatic carbocycles. The van der Waals surface area contributed by atoms with Crippen molar-refractivity contribution in [3.8, 4) is 0 Å². The maximum Gasteiger partial charge on any atom is 0.338 e. The summed E-state index contributed by atoms with van der Waals surface area (Å²) < 4.78 is 5.60. The number of nitrogen functional groups attached to an aromatic ring is 2. The zero-order valence-corrected chi connectivity index (χ0v) is 12.5. The van der Waals surface area contributed by atoms with Crippen LogP contribution >= 0.6 is 0 Å². The van der Waals surface area contributed by atoms with Gasteiger partial charge in [-0.2, -0.15) is 0 Å². The summed E-state index contributed by atoms with van der Waals surface area (Å²) in [6, 6.07) is 4.84. The highest BCUT2D eigenvalue weighted by atomic mass is 16.5. The van der Waals surface area contributed by atoms with Crippen molar-refractivity contribution in [1.82, 2.24) is 0 Å². The number of anilines is 2. The van der Waals surface area contributed by atoms with Gasteiger partial charge in [0.2, 0.25) is 0 Å². The average Bonchev–Trinajstić information content (AvgIpc) is 2.40. The number of unbranched alkanes of at least 4 members (excludes halogenated alkanes) is 2. The molecule has 1 aromatic carbocycles. The lowest BCUT2D eigenvalue weighted by Gasteiger charge is -2.17. The number of carbonyl (C=O) groups excluding carboxylic acids is 1. The lowest BCUT2D eigenvalue weighted by Crippen LogP contribution is -2.18. The van der Waals surface area contributed by atoms with E-state index >= 15 is 0 Å². The standard InChI is InChI=1S/C16H26N2O2/c1-3-5-7-15(8-6-4-2)20-16(19)12-9-13(17)11-14(18)10-12/h9-11,15H,3-8,17-18H2,1-2H3. The zero-order chi connectivity index (χ0) is 15.0. The molecule has 4 heteroatoms. The van der Waals surface area contributed by atoms with Gasteiger partial charge in [-0.15, -0.1) is 0 Å². The summed E-state index contributed by atoms with van der Waals surface area (Å²) in [6.45, 7) is 4.27. The van der Waals surface area contributed by atoms with Crippen LogP contribution in [0.2, 0.25) is 0 Å². The second kappa shape index (κ2) is 8.46. The van der Waals surface area contributed by atoms with Crippen LogP contribution in [0.4, 0.5) is 11.4 Å². The molecule has 0 bridgehead atoms. The Hall–Kier alpha value is -1.71. The molecule has 1 rings (SSSR count). The van der Waals surface area contributed by atoms with Crippen LogP contribution in [0.25, 0.3) is 0 Å². The molecular weight excluding hydrogens is 252 g/mol. The van der Waals surface area contributed by atoms with E-state index in [0.717, 1.165) is 38.5 Å². The van der Waals surface area contributed by atoms with Gasteiger partial charge in [-0.1, -0.05) is 39.5 Å². The van der Waals surface area contributed by atoms with Gasteiger partial charge < -0.3 is 16.2 Å². The topological polar surface area (TPSA) is 78.3 Å². The number of hydrogen-bond donors (Lipinski definition) is 2. The van der Waals surface area contributed by atoms with Crippen molar-refractivity contribution in [1.29, 1.82) is 0 Å². The van der Waals surface area contributed by atoms with Crippen molar-refractivity contribution in [3.05, 3.63) is 23.8 Å². The Labute approximate surface area is 121 Å². The monoisotopic (exact) mass is 278 g/mol. The predicted molar refractivity (Wildman–Crippen MR) is 83.5 cm³/mol. The van der Waals surface area contributed by atoms with E-state index in [1.54, 1.807) is 18.2 Å². The quantitative estimate of drug-likeness (QED) is 0.560. The van der Waals surface area contributed by atoms with Crippen LogP contribution in [0.15, 0.2) is 18.2 Å². The number of ether oxygens (including phenoxy) is 1. The Morgan fingerprint density at radius 3 is 2.00 bits per heavy atom. The van der Waals surface area contributed by atoms with Crippen LogP contribution in [0.1, 0.15) is 62.7 Å². The van der Waals surface area contributed by atoms with Crippen molar-refractivity contribution in [2.75, 3.05) is 11.5 Å². The molecule has 0 aromatic heterocycles. The van der Waals surface area contributed by atoms with Crippen molar-refractivity contribution < 1.29 is 9.53 Å². The number of esters is 1. The lowest BCUT2D eigenvalue weighted by atomic mass is 10.1. The molecule has 0 unspecified atom stereocenters. The predicted octanol–water partition coefficient (Wildman–Crippen LogP) is 3.76. The minimum absolute atomic E-state index is 0.00921. The molecule has 0 amide bonds. The minimum atomic E-state index is -0.332. The fourth-order valence-electron chi connectivity index (χ4n) is 2.14. The minimum Gasteiger partial charge on any atom is -0.459 e. The summed E-state index contributed by atoms with van der Waals surface area (Å²) in [5.74, 6) is -0.332. The Balaban J connectivity index is 2.68. The van der Waals surface area contributed by atoms with Gasteiger partial charge in [0.25, 0.3) is 0 Å². The summed E-state index contributed by atoms with van der Waals surface area (Å²) in [5, 5.41) is 0. The number of hydrogen-bond acceptors (Lipinski definition) is 4. The van der Waals surface area contributed by atoms with Gasteiger partial charge in [0, 0.05) is 11.4 Å². The highest BCUT2D eigenvalue weighted by Gasteiger charge is 2.16. The Kier molecular flexibility index (Phi) is 6.91. The van der Waals surface area contributed by atoms with E-state index in [9.17, 15) is 4.79 Å². The van der Waals surface area contributed by atoms with Crippen molar-refractivity contribution in [2.24, 2.45) is 0 Å². The van der Waals surface area contributed by atoms with E-state index in [1.807, 2.05) is 0 Å². The van der Waals surface area contributed by atoms with Gasteiger partial charge >= 0.3 is 5.97 Å². The molecule has 0 heterocycles. The molecule has 1 aromatic rings. The van der Waals surface area contributed by atoms with E-state index in [2.05, 4.69) is 13.8 Å².